The Balaban J connectivity index is 1.55. The molecule has 20 heavy (non-hydrogen) atoms. The van der Waals surface area contributed by atoms with Gasteiger partial charge in [0, 0.05) is 26.7 Å². The topological polar surface area (TPSA) is 53.9 Å². The summed E-state index contributed by atoms with van der Waals surface area (Å²) in [6.45, 7) is 2.69. The second-order valence-corrected chi connectivity index (χ2v) is 5.30. The van der Waals surface area contributed by atoms with Crippen molar-refractivity contribution >= 4 is 11.6 Å². The molecule has 0 spiro atoms. The van der Waals surface area contributed by atoms with Crippen LogP contribution < -0.4 is 5.32 Å². The fraction of sp³-hybridized carbons (Fsp3) is 0.467. The lowest BCUT2D eigenvalue weighted by atomic mass is 10.0. The summed E-state index contributed by atoms with van der Waals surface area (Å²) in [5.41, 5.74) is 1.88. The number of likely N-dealkylation sites (tertiary alicyclic amines) is 1. The molecule has 0 saturated carbocycles. The van der Waals surface area contributed by atoms with Crippen LogP contribution in [-0.2, 0) is 16.1 Å². The van der Waals surface area contributed by atoms with Crippen molar-refractivity contribution < 1.29 is 9.63 Å². The van der Waals surface area contributed by atoms with Crippen LogP contribution in [0.4, 0.5) is 0 Å². The molecule has 0 unspecified atom stereocenters. The summed E-state index contributed by atoms with van der Waals surface area (Å²) in [6, 6.07) is 10.4. The SMILES string of the molecule is CNC(=O)C1=NO[C@@H]2CN(CCc3ccccc3)C[C@H]12. The summed E-state index contributed by atoms with van der Waals surface area (Å²) < 4.78 is 0. The lowest BCUT2D eigenvalue weighted by Gasteiger charge is -2.15. The van der Waals surface area contributed by atoms with E-state index in [1.165, 1.54) is 5.56 Å². The van der Waals surface area contributed by atoms with Gasteiger partial charge in [0.15, 0.2) is 5.71 Å². The molecule has 1 N–H and O–H groups in total. The van der Waals surface area contributed by atoms with Gasteiger partial charge in [-0.05, 0) is 12.0 Å². The van der Waals surface area contributed by atoms with Crippen LogP contribution in [0, 0.1) is 5.92 Å². The van der Waals surface area contributed by atoms with Crippen molar-refractivity contribution in [2.24, 2.45) is 11.1 Å². The number of nitrogens with one attached hydrogen (secondary N) is 1. The van der Waals surface area contributed by atoms with E-state index in [1.807, 2.05) is 6.07 Å². The summed E-state index contributed by atoms with van der Waals surface area (Å²) in [4.78, 5) is 19.4. The van der Waals surface area contributed by atoms with Crippen LogP contribution in [0.1, 0.15) is 5.56 Å². The van der Waals surface area contributed by atoms with Crippen molar-refractivity contribution in [1.82, 2.24) is 10.2 Å². The van der Waals surface area contributed by atoms with E-state index in [4.69, 9.17) is 4.84 Å². The maximum absolute atomic E-state index is 11.7. The van der Waals surface area contributed by atoms with Gasteiger partial charge in [0.05, 0.1) is 5.92 Å². The summed E-state index contributed by atoms with van der Waals surface area (Å²) in [5.74, 6) is -0.00636. The molecule has 0 aromatic heterocycles. The standard InChI is InChI=1S/C15H19N3O2/c1-16-15(19)14-12-9-18(10-13(12)20-17-14)8-7-11-5-3-2-4-6-11/h2-6,12-13H,7-10H2,1H3,(H,16,19)/t12-,13+/m0/s1. The largest absolute Gasteiger partial charge is 0.390 e. The van der Waals surface area contributed by atoms with Crippen LogP contribution in [0.5, 0.6) is 0 Å². The Morgan fingerprint density at radius 1 is 1.40 bits per heavy atom. The van der Waals surface area contributed by atoms with E-state index in [-0.39, 0.29) is 17.9 Å². The second-order valence-electron chi connectivity index (χ2n) is 5.30. The molecule has 1 saturated heterocycles. The number of rotatable bonds is 4. The molecule has 2 aliphatic rings. The molecule has 3 rings (SSSR count). The highest BCUT2D eigenvalue weighted by atomic mass is 16.6. The van der Waals surface area contributed by atoms with Gasteiger partial charge >= 0.3 is 0 Å². The van der Waals surface area contributed by atoms with Gasteiger partial charge in [0.2, 0.25) is 0 Å². The van der Waals surface area contributed by atoms with E-state index in [1.54, 1.807) is 7.05 Å². The molecule has 2 heterocycles. The molecule has 1 fully saturated rings. The van der Waals surface area contributed by atoms with Gasteiger partial charge in [-0.1, -0.05) is 35.5 Å². The highest BCUT2D eigenvalue weighted by Gasteiger charge is 2.44. The number of amides is 1. The molecule has 2 atom stereocenters. The molecule has 106 valence electrons. The Bertz CT molecular complexity index is 515. The van der Waals surface area contributed by atoms with Gasteiger partial charge in [-0.3, -0.25) is 9.69 Å². The normalized spacial score (nSPS) is 24.9. The number of fused-ring (bicyclic) bond motifs is 1. The van der Waals surface area contributed by atoms with E-state index in [0.717, 1.165) is 26.1 Å². The fourth-order valence-electron chi connectivity index (χ4n) is 2.87. The van der Waals surface area contributed by atoms with Crippen molar-refractivity contribution in [3.8, 4) is 0 Å². The quantitative estimate of drug-likeness (QED) is 0.877. The fourth-order valence-corrected chi connectivity index (χ4v) is 2.87. The van der Waals surface area contributed by atoms with Crippen molar-refractivity contribution in [1.29, 1.82) is 0 Å². The molecule has 2 aliphatic heterocycles. The van der Waals surface area contributed by atoms with Gasteiger partial charge in [0.1, 0.15) is 6.10 Å². The van der Waals surface area contributed by atoms with Crippen LogP contribution in [0.25, 0.3) is 0 Å². The smallest absolute Gasteiger partial charge is 0.269 e. The first-order valence-electron chi connectivity index (χ1n) is 7.00. The van der Waals surface area contributed by atoms with Crippen LogP contribution in [0.15, 0.2) is 35.5 Å². The molecule has 5 heteroatoms. The number of carbonyl (C=O) groups excluding carboxylic acids is 1. The molecular weight excluding hydrogens is 254 g/mol. The van der Waals surface area contributed by atoms with Gasteiger partial charge in [0.25, 0.3) is 5.91 Å². The molecule has 1 aromatic carbocycles. The summed E-state index contributed by atoms with van der Waals surface area (Å²) in [5, 5.41) is 6.55. The Hall–Kier alpha value is -1.88. The monoisotopic (exact) mass is 273 g/mol. The van der Waals surface area contributed by atoms with Crippen LogP contribution in [0.3, 0.4) is 0 Å². The van der Waals surface area contributed by atoms with Crippen molar-refractivity contribution in [2.45, 2.75) is 12.5 Å². The third-order valence-electron chi connectivity index (χ3n) is 4.00. The van der Waals surface area contributed by atoms with E-state index in [2.05, 4.69) is 39.6 Å². The number of hydrogen-bond acceptors (Lipinski definition) is 4. The first-order chi connectivity index (χ1) is 9.78. The van der Waals surface area contributed by atoms with Gasteiger partial charge in [-0.15, -0.1) is 0 Å². The Morgan fingerprint density at radius 3 is 2.95 bits per heavy atom. The third-order valence-corrected chi connectivity index (χ3v) is 4.00. The van der Waals surface area contributed by atoms with E-state index < -0.39 is 0 Å². The van der Waals surface area contributed by atoms with E-state index in [9.17, 15) is 4.79 Å². The summed E-state index contributed by atoms with van der Waals surface area (Å²) in [6.07, 6.45) is 1.06. The Morgan fingerprint density at radius 2 is 2.20 bits per heavy atom. The predicted octanol–water partition coefficient (Wildman–Crippen LogP) is 0.662. The molecule has 1 aromatic rings. The minimum Gasteiger partial charge on any atom is -0.390 e. The average Bonchev–Trinajstić information content (AvgIpc) is 3.05. The molecule has 0 radical (unpaired) electrons. The second kappa shape index (κ2) is 5.63. The number of benzene rings is 1. The molecule has 1 amide bonds. The zero-order valence-corrected chi connectivity index (χ0v) is 11.6. The van der Waals surface area contributed by atoms with Crippen molar-refractivity contribution in [3.05, 3.63) is 35.9 Å². The molecule has 0 bridgehead atoms. The highest BCUT2D eigenvalue weighted by Crippen LogP contribution is 2.27. The zero-order chi connectivity index (χ0) is 13.9. The number of oxime groups is 1. The van der Waals surface area contributed by atoms with Crippen LogP contribution in [0.2, 0.25) is 0 Å². The number of hydrogen-bond donors (Lipinski definition) is 1. The Kier molecular flexibility index (Phi) is 3.69. The maximum Gasteiger partial charge on any atom is 0.269 e. The first-order valence-corrected chi connectivity index (χ1v) is 7.00. The van der Waals surface area contributed by atoms with Crippen molar-refractivity contribution in [2.75, 3.05) is 26.7 Å². The zero-order valence-electron chi connectivity index (χ0n) is 11.6. The van der Waals surface area contributed by atoms with E-state index in [0.29, 0.717) is 5.71 Å². The third kappa shape index (κ3) is 2.54. The molecular formula is C15H19N3O2. The minimum atomic E-state index is -0.123. The molecule has 5 nitrogen and oxygen atoms in total. The maximum atomic E-state index is 11.7. The summed E-state index contributed by atoms with van der Waals surface area (Å²) >= 11 is 0. The minimum absolute atomic E-state index is 0.0399. The first kappa shape index (κ1) is 13.1. The van der Waals surface area contributed by atoms with Gasteiger partial charge < -0.3 is 10.2 Å². The predicted molar refractivity (Wildman–Crippen MR) is 76.5 cm³/mol. The Labute approximate surface area is 118 Å². The lowest BCUT2D eigenvalue weighted by molar-refractivity contribution is -0.114. The van der Waals surface area contributed by atoms with E-state index >= 15 is 0 Å². The molecule has 0 aliphatic carbocycles. The summed E-state index contributed by atoms with van der Waals surface area (Å²) in [7, 11) is 1.63. The van der Waals surface area contributed by atoms with Crippen molar-refractivity contribution in [3.63, 3.8) is 0 Å². The number of nitrogens with zero attached hydrogens (tertiary/aromatic N) is 2. The highest BCUT2D eigenvalue weighted by molar-refractivity contribution is 6.40. The average molecular weight is 273 g/mol. The number of carbonyl (C=O) groups is 1. The van der Waals surface area contributed by atoms with Gasteiger partial charge in [-0.2, -0.15) is 0 Å². The van der Waals surface area contributed by atoms with Crippen LogP contribution in [-0.4, -0.2) is 49.3 Å². The lowest BCUT2D eigenvalue weighted by Crippen LogP contribution is -2.35. The van der Waals surface area contributed by atoms with Crippen LogP contribution >= 0.6 is 0 Å². The van der Waals surface area contributed by atoms with Gasteiger partial charge in [-0.25, -0.2) is 0 Å².